The normalized spacial score (nSPS) is 30.1. The van der Waals surface area contributed by atoms with E-state index in [2.05, 4.69) is 31.3 Å². The Balaban J connectivity index is 2.20. The van der Waals surface area contributed by atoms with Crippen LogP contribution < -0.4 is 5.32 Å². The molecular formula is C15H23NOS. The second-order valence-electron chi connectivity index (χ2n) is 5.47. The predicted molar refractivity (Wildman–Crippen MR) is 77.2 cm³/mol. The molecule has 2 rings (SSSR count). The highest BCUT2D eigenvalue weighted by atomic mass is 32.2. The molecule has 1 aliphatic carbocycles. The monoisotopic (exact) mass is 265 g/mol. The van der Waals surface area contributed by atoms with E-state index in [1.54, 1.807) is 0 Å². The van der Waals surface area contributed by atoms with Crippen molar-refractivity contribution in [3.63, 3.8) is 0 Å². The van der Waals surface area contributed by atoms with Gasteiger partial charge in [-0.15, -0.1) is 0 Å². The van der Waals surface area contributed by atoms with Crippen molar-refractivity contribution >= 4 is 10.8 Å². The highest BCUT2D eigenvalue weighted by molar-refractivity contribution is 7.85. The lowest BCUT2D eigenvalue weighted by Crippen LogP contribution is -2.44. The van der Waals surface area contributed by atoms with Crippen LogP contribution in [-0.4, -0.2) is 22.5 Å². The molecule has 0 bridgehead atoms. The van der Waals surface area contributed by atoms with E-state index in [1.807, 2.05) is 19.2 Å². The molecular weight excluding hydrogens is 242 g/mol. The summed E-state index contributed by atoms with van der Waals surface area (Å²) in [6, 6.07) is 8.50. The van der Waals surface area contributed by atoms with Crippen LogP contribution in [0.3, 0.4) is 0 Å². The van der Waals surface area contributed by atoms with Gasteiger partial charge < -0.3 is 5.32 Å². The maximum atomic E-state index is 12.7. The van der Waals surface area contributed by atoms with Gasteiger partial charge in [0.05, 0.1) is 16.0 Å². The van der Waals surface area contributed by atoms with Crippen LogP contribution in [0.4, 0.5) is 0 Å². The molecule has 18 heavy (non-hydrogen) atoms. The number of aryl methyl sites for hydroxylation is 1. The first-order valence-corrected chi connectivity index (χ1v) is 7.97. The lowest BCUT2D eigenvalue weighted by molar-refractivity contribution is 0.325. The van der Waals surface area contributed by atoms with E-state index < -0.39 is 10.8 Å². The summed E-state index contributed by atoms with van der Waals surface area (Å²) in [5, 5.41) is 3.60. The molecule has 3 heteroatoms. The van der Waals surface area contributed by atoms with Gasteiger partial charge in [0.1, 0.15) is 0 Å². The van der Waals surface area contributed by atoms with Gasteiger partial charge in [-0.2, -0.15) is 0 Å². The van der Waals surface area contributed by atoms with Crippen molar-refractivity contribution < 1.29 is 4.21 Å². The van der Waals surface area contributed by atoms with Crippen LogP contribution in [0.15, 0.2) is 29.2 Å². The molecule has 1 fully saturated rings. The summed E-state index contributed by atoms with van der Waals surface area (Å²) < 4.78 is 12.7. The molecule has 2 nitrogen and oxygen atoms in total. The Morgan fingerprint density at radius 1 is 1.33 bits per heavy atom. The molecule has 1 saturated carbocycles. The molecule has 0 radical (unpaired) electrons. The molecule has 0 aromatic heterocycles. The molecule has 100 valence electrons. The molecule has 1 aliphatic rings. The van der Waals surface area contributed by atoms with Crippen molar-refractivity contribution in [2.24, 2.45) is 5.92 Å². The zero-order valence-electron chi connectivity index (χ0n) is 11.5. The van der Waals surface area contributed by atoms with E-state index in [0.717, 1.165) is 17.7 Å². The first kappa shape index (κ1) is 13.8. The van der Waals surface area contributed by atoms with E-state index in [0.29, 0.717) is 12.0 Å². The summed E-state index contributed by atoms with van der Waals surface area (Å²) in [6.07, 6.45) is 3.44. The van der Waals surface area contributed by atoms with Crippen molar-refractivity contribution in [1.29, 1.82) is 0 Å². The standard InChI is InChI=1S/C15H23NOS/c1-11-5-4-6-13(9-11)18(17)15-10-12(2)7-8-14(15)16-3/h4-6,9,12,14-16H,7-8,10H2,1-3H3. The van der Waals surface area contributed by atoms with E-state index in [9.17, 15) is 4.21 Å². The highest BCUT2D eigenvalue weighted by Crippen LogP contribution is 2.30. The quantitative estimate of drug-likeness (QED) is 0.910. The highest BCUT2D eigenvalue weighted by Gasteiger charge is 2.32. The Kier molecular flexibility index (Phi) is 4.57. The third-order valence-electron chi connectivity index (χ3n) is 3.92. The molecule has 1 aromatic carbocycles. The van der Waals surface area contributed by atoms with Crippen molar-refractivity contribution in [2.45, 2.75) is 49.3 Å². The van der Waals surface area contributed by atoms with Gasteiger partial charge >= 0.3 is 0 Å². The van der Waals surface area contributed by atoms with Gasteiger partial charge in [-0.25, -0.2) is 0 Å². The van der Waals surface area contributed by atoms with E-state index in [1.165, 1.54) is 12.0 Å². The Hall–Kier alpha value is -0.670. The average Bonchev–Trinajstić information content (AvgIpc) is 2.38. The topological polar surface area (TPSA) is 29.1 Å². The van der Waals surface area contributed by atoms with Crippen molar-refractivity contribution in [2.75, 3.05) is 7.05 Å². The van der Waals surface area contributed by atoms with Gasteiger partial charge in [0.15, 0.2) is 0 Å². The summed E-state index contributed by atoms with van der Waals surface area (Å²) in [5.74, 6) is 0.688. The Morgan fingerprint density at radius 3 is 2.78 bits per heavy atom. The van der Waals surface area contributed by atoms with Crippen LogP contribution in [0.25, 0.3) is 0 Å². The Labute approximate surface area is 113 Å². The fourth-order valence-corrected chi connectivity index (χ4v) is 4.75. The minimum atomic E-state index is -0.893. The summed E-state index contributed by atoms with van der Waals surface area (Å²) in [7, 11) is 1.09. The molecule has 1 aromatic rings. The molecule has 4 atom stereocenters. The van der Waals surface area contributed by atoms with Crippen molar-refractivity contribution in [1.82, 2.24) is 5.32 Å². The van der Waals surface area contributed by atoms with Crippen LogP contribution in [0.2, 0.25) is 0 Å². The van der Waals surface area contributed by atoms with Crippen molar-refractivity contribution in [3.8, 4) is 0 Å². The third kappa shape index (κ3) is 3.01. The van der Waals surface area contributed by atoms with E-state index >= 15 is 0 Å². The van der Waals surface area contributed by atoms with Crippen LogP contribution >= 0.6 is 0 Å². The van der Waals surface area contributed by atoms with Gasteiger partial charge in [0.2, 0.25) is 0 Å². The zero-order chi connectivity index (χ0) is 13.1. The number of hydrogen-bond donors (Lipinski definition) is 1. The van der Waals surface area contributed by atoms with Gasteiger partial charge in [0, 0.05) is 10.9 Å². The van der Waals surface area contributed by atoms with Gasteiger partial charge in [-0.1, -0.05) is 19.1 Å². The van der Waals surface area contributed by atoms with Crippen LogP contribution in [0, 0.1) is 12.8 Å². The third-order valence-corrected chi connectivity index (χ3v) is 5.71. The average molecular weight is 265 g/mol. The van der Waals surface area contributed by atoms with Crippen LogP contribution in [-0.2, 0) is 10.8 Å². The molecule has 0 amide bonds. The van der Waals surface area contributed by atoms with Crippen LogP contribution in [0.5, 0.6) is 0 Å². The molecule has 4 unspecified atom stereocenters. The minimum absolute atomic E-state index is 0.251. The number of hydrogen-bond acceptors (Lipinski definition) is 2. The SMILES string of the molecule is CNC1CCC(C)CC1S(=O)c1cccc(C)c1. The predicted octanol–water partition coefficient (Wildman–Crippen LogP) is 2.88. The number of nitrogens with one attached hydrogen (secondary N) is 1. The lowest BCUT2D eigenvalue weighted by Gasteiger charge is -2.34. The smallest absolute Gasteiger partial charge is 0.0576 e. The number of rotatable bonds is 3. The van der Waals surface area contributed by atoms with Gasteiger partial charge in [-0.3, -0.25) is 4.21 Å². The van der Waals surface area contributed by atoms with Gasteiger partial charge in [-0.05, 0) is 56.8 Å². The molecule has 0 heterocycles. The van der Waals surface area contributed by atoms with Crippen molar-refractivity contribution in [3.05, 3.63) is 29.8 Å². The maximum absolute atomic E-state index is 12.7. The first-order chi connectivity index (χ1) is 8.61. The number of benzene rings is 1. The minimum Gasteiger partial charge on any atom is -0.316 e. The maximum Gasteiger partial charge on any atom is 0.0576 e. The Bertz CT molecular complexity index is 432. The summed E-state index contributed by atoms with van der Waals surface area (Å²) in [5.41, 5.74) is 1.19. The molecule has 0 spiro atoms. The first-order valence-electron chi connectivity index (χ1n) is 6.76. The summed E-state index contributed by atoms with van der Waals surface area (Å²) >= 11 is 0. The lowest BCUT2D eigenvalue weighted by atomic mass is 9.87. The fraction of sp³-hybridized carbons (Fsp3) is 0.600. The second kappa shape index (κ2) is 5.98. The van der Waals surface area contributed by atoms with Gasteiger partial charge in [0.25, 0.3) is 0 Å². The fourth-order valence-electron chi connectivity index (χ4n) is 2.81. The molecule has 0 aliphatic heterocycles. The molecule has 0 saturated heterocycles. The van der Waals surface area contributed by atoms with Crippen LogP contribution in [0.1, 0.15) is 31.7 Å². The zero-order valence-corrected chi connectivity index (χ0v) is 12.3. The molecule has 1 N–H and O–H groups in total. The summed E-state index contributed by atoms with van der Waals surface area (Å²) in [6.45, 7) is 4.33. The van der Waals surface area contributed by atoms with E-state index in [-0.39, 0.29) is 5.25 Å². The summed E-state index contributed by atoms with van der Waals surface area (Å²) in [4.78, 5) is 0.981. The second-order valence-corrected chi connectivity index (χ2v) is 7.14. The van der Waals surface area contributed by atoms with E-state index in [4.69, 9.17) is 0 Å². The Morgan fingerprint density at radius 2 is 2.11 bits per heavy atom. The largest absolute Gasteiger partial charge is 0.316 e.